The molecule has 2 aliphatic heterocycles. The molecule has 0 radical (unpaired) electrons. The SMILES string of the molecule is CC(=O)Nc1ncc(C(C)N2CCC3(CC2)NC(=O)N(Cc2cncc(C)c2)C3=O)s1. The molecule has 0 aliphatic carbocycles. The van der Waals surface area contributed by atoms with Gasteiger partial charge in [-0.3, -0.25) is 24.4 Å². The summed E-state index contributed by atoms with van der Waals surface area (Å²) in [6.07, 6.45) is 6.33. The Hall–Kier alpha value is -2.85. The van der Waals surface area contributed by atoms with Gasteiger partial charge in [0.15, 0.2) is 5.13 Å². The number of carbonyl (C=O) groups excluding carboxylic acids is 3. The van der Waals surface area contributed by atoms with Crippen LogP contribution in [0.3, 0.4) is 0 Å². The highest BCUT2D eigenvalue weighted by Gasteiger charge is 2.52. The van der Waals surface area contributed by atoms with Gasteiger partial charge >= 0.3 is 6.03 Å². The standard InChI is InChI=1S/C21H26N6O3S/c1-13-8-16(10-22-9-13)12-27-18(29)21(25-20(27)30)4-6-26(7-5-21)14(2)17-11-23-19(31-17)24-15(3)28/h8-11,14H,4-7,12H2,1-3H3,(H,25,30)(H,23,24,28). The van der Waals surface area contributed by atoms with Gasteiger partial charge in [-0.25, -0.2) is 9.78 Å². The van der Waals surface area contributed by atoms with E-state index in [-0.39, 0.29) is 30.4 Å². The van der Waals surface area contributed by atoms with Crippen LogP contribution in [-0.4, -0.2) is 56.2 Å². The lowest BCUT2D eigenvalue weighted by atomic mass is 9.87. The van der Waals surface area contributed by atoms with Crippen LogP contribution in [-0.2, 0) is 16.1 Å². The molecule has 9 nitrogen and oxygen atoms in total. The number of pyridine rings is 1. The minimum absolute atomic E-state index is 0.110. The maximum absolute atomic E-state index is 13.2. The number of hydrogen-bond acceptors (Lipinski definition) is 7. The lowest BCUT2D eigenvalue weighted by Crippen LogP contribution is -2.55. The molecule has 2 saturated heterocycles. The van der Waals surface area contributed by atoms with Gasteiger partial charge in [-0.15, -0.1) is 11.3 Å². The summed E-state index contributed by atoms with van der Waals surface area (Å²) in [4.78, 5) is 50.1. The Morgan fingerprint density at radius 1 is 1.29 bits per heavy atom. The van der Waals surface area contributed by atoms with Gasteiger partial charge in [0.25, 0.3) is 5.91 Å². The molecule has 2 aromatic heterocycles. The third kappa shape index (κ3) is 4.31. The summed E-state index contributed by atoms with van der Waals surface area (Å²) in [5, 5.41) is 6.26. The molecule has 1 atom stereocenters. The zero-order valence-corrected chi connectivity index (χ0v) is 18.7. The summed E-state index contributed by atoms with van der Waals surface area (Å²) in [6.45, 7) is 7.08. The molecule has 0 aromatic carbocycles. The maximum atomic E-state index is 13.2. The molecule has 10 heteroatoms. The quantitative estimate of drug-likeness (QED) is 0.689. The smallest absolute Gasteiger partial charge is 0.323 e. The van der Waals surface area contributed by atoms with E-state index in [4.69, 9.17) is 0 Å². The highest BCUT2D eigenvalue weighted by molar-refractivity contribution is 7.15. The van der Waals surface area contributed by atoms with Crippen LogP contribution in [0.4, 0.5) is 9.93 Å². The zero-order valence-electron chi connectivity index (χ0n) is 17.8. The number of aryl methyl sites for hydroxylation is 1. The van der Waals surface area contributed by atoms with Crippen molar-refractivity contribution in [1.82, 2.24) is 25.1 Å². The molecule has 0 saturated carbocycles. The van der Waals surface area contributed by atoms with Crippen molar-refractivity contribution in [3.63, 3.8) is 0 Å². The van der Waals surface area contributed by atoms with Gasteiger partial charge in [-0.2, -0.15) is 0 Å². The number of aromatic nitrogens is 2. The topological polar surface area (TPSA) is 108 Å². The maximum Gasteiger partial charge on any atom is 0.325 e. The number of hydrogen-bond donors (Lipinski definition) is 2. The van der Waals surface area contributed by atoms with Crippen LogP contribution in [0.5, 0.6) is 0 Å². The van der Waals surface area contributed by atoms with E-state index < -0.39 is 5.54 Å². The van der Waals surface area contributed by atoms with E-state index in [0.717, 1.165) is 16.0 Å². The molecule has 4 amide bonds. The first kappa shape index (κ1) is 21.4. The molecule has 164 valence electrons. The van der Waals surface area contributed by atoms with Crippen molar-refractivity contribution >= 4 is 34.3 Å². The number of amides is 4. The number of imide groups is 1. The van der Waals surface area contributed by atoms with Gasteiger partial charge in [-0.05, 0) is 37.8 Å². The van der Waals surface area contributed by atoms with E-state index in [1.54, 1.807) is 18.6 Å². The number of rotatable bonds is 5. The van der Waals surface area contributed by atoms with Crippen molar-refractivity contribution < 1.29 is 14.4 Å². The third-order valence-corrected chi connectivity index (χ3v) is 7.02. The summed E-state index contributed by atoms with van der Waals surface area (Å²) in [5.41, 5.74) is 0.998. The number of nitrogens with one attached hydrogen (secondary N) is 2. The molecule has 2 N–H and O–H groups in total. The van der Waals surface area contributed by atoms with Gasteiger partial charge in [0.1, 0.15) is 5.54 Å². The fourth-order valence-electron chi connectivity index (χ4n) is 4.21. The second-order valence-electron chi connectivity index (χ2n) is 8.24. The Morgan fingerprint density at radius 3 is 2.71 bits per heavy atom. The Kier molecular flexibility index (Phi) is 5.76. The normalized spacial score (nSPS) is 19.5. The average molecular weight is 443 g/mol. The van der Waals surface area contributed by atoms with E-state index in [9.17, 15) is 14.4 Å². The molecule has 4 rings (SSSR count). The summed E-state index contributed by atoms with van der Waals surface area (Å²) in [7, 11) is 0. The summed E-state index contributed by atoms with van der Waals surface area (Å²) in [6, 6.07) is 1.71. The molecular formula is C21H26N6O3S. The van der Waals surface area contributed by atoms with Crippen molar-refractivity contribution in [3.8, 4) is 0 Å². The number of piperidine rings is 1. The largest absolute Gasteiger partial charge is 0.325 e. The third-order valence-electron chi connectivity index (χ3n) is 5.94. The number of thiazole rings is 1. The molecule has 1 unspecified atom stereocenters. The predicted octanol–water partition coefficient (Wildman–Crippen LogP) is 2.45. The van der Waals surface area contributed by atoms with Crippen LogP contribution < -0.4 is 10.6 Å². The van der Waals surface area contributed by atoms with E-state index in [1.165, 1.54) is 23.2 Å². The van der Waals surface area contributed by atoms with Crippen molar-refractivity contribution in [3.05, 3.63) is 40.7 Å². The predicted molar refractivity (Wildman–Crippen MR) is 116 cm³/mol. The highest BCUT2D eigenvalue weighted by atomic mass is 32.1. The Labute approximate surface area is 184 Å². The van der Waals surface area contributed by atoms with Crippen LogP contribution in [0.15, 0.2) is 24.7 Å². The molecule has 2 aliphatic rings. The van der Waals surface area contributed by atoms with Crippen molar-refractivity contribution in [2.75, 3.05) is 18.4 Å². The minimum Gasteiger partial charge on any atom is -0.323 e. The minimum atomic E-state index is -0.834. The molecule has 4 heterocycles. The number of nitrogens with zero attached hydrogens (tertiary/aromatic N) is 4. The fourth-order valence-corrected chi connectivity index (χ4v) is 5.15. The van der Waals surface area contributed by atoms with Crippen molar-refractivity contribution in [1.29, 1.82) is 0 Å². The number of anilines is 1. The molecule has 2 fully saturated rings. The van der Waals surface area contributed by atoms with E-state index in [2.05, 4.69) is 32.4 Å². The number of carbonyl (C=O) groups is 3. The zero-order chi connectivity index (χ0) is 22.2. The Morgan fingerprint density at radius 2 is 2.03 bits per heavy atom. The van der Waals surface area contributed by atoms with Gasteiger partial charge in [0.2, 0.25) is 5.91 Å². The van der Waals surface area contributed by atoms with Crippen LogP contribution in [0.25, 0.3) is 0 Å². The van der Waals surface area contributed by atoms with Gasteiger partial charge in [0, 0.05) is 49.5 Å². The van der Waals surface area contributed by atoms with Crippen molar-refractivity contribution in [2.45, 2.75) is 51.7 Å². The van der Waals surface area contributed by atoms with Gasteiger partial charge < -0.3 is 10.6 Å². The first-order valence-electron chi connectivity index (χ1n) is 10.3. The van der Waals surface area contributed by atoms with Gasteiger partial charge in [-0.1, -0.05) is 6.07 Å². The second kappa shape index (κ2) is 8.35. The second-order valence-corrected chi connectivity index (χ2v) is 9.30. The summed E-state index contributed by atoms with van der Waals surface area (Å²) in [5.74, 6) is -0.299. The number of likely N-dealkylation sites (tertiary alicyclic amines) is 1. The van der Waals surface area contributed by atoms with Crippen LogP contribution in [0.2, 0.25) is 0 Å². The van der Waals surface area contributed by atoms with E-state index in [1.807, 2.05) is 13.0 Å². The first-order valence-corrected chi connectivity index (χ1v) is 11.1. The van der Waals surface area contributed by atoms with E-state index in [0.29, 0.717) is 31.1 Å². The molecular weight excluding hydrogens is 416 g/mol. The van der Waals surface area contributed by atoms with Crippen LogP contribution >= 0.6 is 11.3 Å². The summed E-state index contributed by atoms with van der Waals surface area (Å²) >= 11 is 1.45. The Bertz CT molecular complexity index is 1010. The Balaban J connectivity index is 1.40. The molecule has 31 heavy (non-hydrogen) atoms. The van der Waals surface area contributed by atoms with Crippen LogP contribution in [0.1, 0.15) is 48.7 Å². The monoisotopic (exact) mass is 442 g/mol. The number of urea groups is 1. The van der Waals surface area contributed by atoms with E-state index >= 15 is 0 Å². The van der Waals surface area contributed by atoms with Crippen LogP contribution in [0, 0.1) is 6.92 Å². The molecule has 1 spiro atoms. The molecule has 0 bridgehead atoms. The average Bonchev–Trinajstić information content (AvgIpc) is 3.27. The van der Waals surface area contributed by atoms with Gasteiger partial charge in [0.05, 0.1) is 6.54 Å². The highest BCUT2D eigenvalue weighted by Crippen LogP contribution is 2.35. The first-order chi connectivity index (χ1) is 14.8. The lowest BCUT2D eigenvalue weighted by molar-refractivity contribution is -0.133. The summed E-state index contributed by atoms with van der Waals surface area (Å²) < 4.78 is 0. The lowest BCUT2D eigenvalue weighted by Gasteiger charge is -2.39. The molecule has 2 aromatic rings. The van der Waals surface area contributed by atoms with Crippen molar-refractivity contribution in [2.24, 2.45) is 0 Å². The fraction of sp³-hybridized carbons (Fsp3) is 0.476.